The van der Waals surface area contributed by atoms with Gasteiger partial charge in [-0.25, -0.2) is 4.79 Å². The Bertz CT molecular complexity index is 282. The van der Waals surface area contributed by atoms with Crippen molar-refractivity contribution in [3.8, 4) is 0 Å². The molecule has 0 aliphatic carbocycles. The van der Waals surface area contributed by atoms with Crippen molar-refractivity contribution in [1.82, 2.24) is 5.53 Å². The Morgan fingerprint density at radius 3 is 2.62 bits per heavy atom. The Labute approximate surface area is 72.1 Å². The highest BCUT2D eigenvalue weighted by Gasteiger charge is 2.04. The number of nitrogens with one attached hydrogen (secondary N) is 1. The van der Waals surface area contributed by atoms with E-state index in [1.54, 1.807) is 0 Å². The normalized spacial score (nSPS) is 12.4. The van der Waals surface area contributed by atoms with Crippen molar-refractivity contribution in [3.05, 3.63) is 10.1 Å². The van der Waals surface area contributed by atoms with Gasteiger partial charge >= 0.3 is 11.9 Å². The van der Waals surface area contributed by atoms with E-state index in [0.29, 0.717) is 0 Å². The van der Waals surface area contributed by atoms with Crippen LogP contribution in [0.15, 0.2) is 10.1 Å². The van der Waals surface area contributed by atoms with E-state index in [0.717, 1.165) is 0 Å². The minimum Gasteiger partial charge on any atom is -0.477 e. The Balaban J connectivity index is 4.36. The van der Waals surface area contributed by atoms with Crippen molar-refractivity contribution in [2.24, 2.45) is 15.8 Å². The molecule has 0 aromatic rings. The summed E-state index contributed by atoms with van der Waals surface area (Å²) in [7, 11) is 0. The predicted octanol–water partition coefficient (Wildman–Crippen LogP) is -1.46. The number of hydrogen-bond acceptors (Lipinski definition) is 4. The van der Waals surface area contributed by atoms with Gasteiger partial charge < -0.3 is 21.0 Å². The van der Waals surface area contributed by atoms with Crippen LogP contribution in [0.25, 0.3) is 0 Å². The molecule has 9 nitrogen and oxygen atoms in total. The van der Waals surface area contributed by atoms with Gasteiger partial charge in [-0.3, -0.25) is 0 Å². The quantitative estimate of drug-likeness (QED) is 0.214. The predicted molar refractivity (Wildman–Crippen MR) is 42.5 cm³/mol. The van der Waals surface area contributed by atoms with Crippen LogP contribution in [-0.2, 0) is 4.79 Å². The van der Waals surface area contributed by atoms with Crippen LogP contribution in [0.2, 0.25) is 0 Å². The molecule has 0 aliphatic rings. The van der Waals surface area contributed by atoms with Gasteiger partial charge in [0.1, 0.15) is 5.71 Å². The number of nitrogens with two attached hydrogens (primary N) is 1. The summed E-state index contributed by atoms with van der Waals surface area (Å²) in [5.41, 5.74) is 6.05. The third kappa shape index (κ3) is 5.12. The molecule has 9 heteroatoms. The van der Waals surface area contributed by atoms with E-state index in [1.165, 1.54) is 12.5 Å². The van der Waals surface area contributed by atoms with Crippen molar-refractivity contribution in [2.45, 2.75) is 6.92 Å². The van der Waals surface area contributed by atoms with Crippen LogP contribution in [0.4, 0.5) is 0 Å². The molecule has 4 N–H and O–H groups in total. The number of carboxylic acids is 1. The van der Waals surface area contributed by atoms with Crippen LogP contribution in [0.1, 0.15) is 6.92 Å². The zero-order valence-corrected chi connectivity index (χ0v) is 6.59. The molecule has 0 amide bonds. The summed E-state index contributed by atoms with van der Waals surface area (Å²) in [6, 6.07) is 0. The van der Waals surface area contributed by atoms with Crippen molar-refractivity contribution >= 4 is 17.6 Å². The molecule has 0 saturated heterocycles. The van der Waals surface area contributed by atoms with E-state index < -0.39 is 17.0 Å². The molecule has 0 fully saturated rings. The molecule has 0 spiro atoms. The molecule has 0 atom stereocenters. The number of nitro groups is 1. The number of rotatable bonds is 3. The van der Waals surface area contributed by atoms with Gasteiger partial charge in [-0.2, -0.15) is 4.99 Å². The zero-order valence-electron chi connectivity index (χ0n) is 6.59. The molecular formula is C4H7N5O4. The third-order valence-corrected chi connectivity index (χ3v) is 0.838. The first-order chi connectivity index (χ1) is 5.93. The van der Waals surface area contributed by atoms with Crippen LogP contribution in [0.5, 0.6) is 0 Å². The van der Waals surface area contributed by atoms with Gasteiger partial charge in [0.2, 0.25) is 0 Å². The van der Waals surface area contributed by atoms with Crippen LogP contribution in [0.3, 0.4) is 0 Å². The zero-order chi connectivity index (χ0) is 10.4. The third-order valence-electron chi connectivity index (χ3n) is 0.838. The van der Waals surface area contributed by atoms with Crippen molar-refractivity contribution in [2.75, 3.05) is 0 Å². The smallest absolute Gasteiger partial charge is 0.361 e. The summed E-state index contributed by atoms with van der Waals surface area (Å²) < 4.78 is 0. The molecule has 0 radical (unpaired) electrons. The Morgan fingerprint density at radius 1 is 1.69 bits per heavy atom. The van der Waals surface area contributed by atoms with E-state index in [1.807, 2.05) is 0 Å². The number of aliphatic carboxylic acids is 1. The Kier molecular flexibility index (Phi) is 3.86. The standard InChI is InChI=1S/C4H7N5O4/c1-2(3(10)11)6-4(5)7-8-9(12)13/h8H,1H3,(H2,5,7)(H,10,11)/b6-2-. The fourth-order valence-electron chi connectivity index (χ4n) is 0.337. The molecule has 0 rings (SSSR count). The summed E-state index contributed by atoms with van der Waals surface area (Å²) in [5, 5.41) is 20.0. The number of carbonyl (C=O) groups is 1. The highest BCUT2D eigenvalue weighted by Crippen LogP contribution is 1.78. The van der Waals surface area contributed by atoms with Gasteiger partial charge in [0.15, 0.2) is 0 Å². The average molecular weight is 189 g/mol. The lowest BCUT2D eigenvalue weighted by Crippen LogP contribution is -2.22. The highest BCUT2D eigenvalue weighted by molar-refractivity contribution is 6.36. The van der Waals surface area contributed by atoms with Crippen LogP contribution in [-0.4, -0.2) is 27.8 Å². The van der Waals surface area contributed by atoms with Crippen LogP contribution >= 0.6 is 0 Å². The van der Waals surface area contributed by atoms with Gasteiger partial charge in [-0.1, -0.05) is 0 Å². The number of hydrazone groups is 1. The second-order valence-corrected chi connectivity index (χ2v) is 1.83. The molecule has 0 aromatic heterocycles. The molecule has 0 bridgehead atoms. The first-order valence-electron chi connectivity index (χ1n) is 2.95. The molecule has 0 aromatic carbocycles. The summed E-state index contributed by atoms with van der Waals surface area (Å²) in [4.78, 5) is 23.1. The Morgan fingerprint density at radius 2 is 2.23 bits per heavy atom. The van der Waals surface area contributed by atoms with E-state index in [-0.39, 0.29) is 5.71 Å². The largest absolute Gasteiger partial charge is 0.477 e. The number of nitrogens with zero attached hydrogens (tertiary/aromatic N) is 3. The SMILES string of the molecule is C/C(=N/C(N)=N\N[N+](=O)[O-])C(=O)O. The van der Waals surface area contributed by atoms with Gasteiger partial charge in [0, 0.05) is 0 Å². The van der Waals surface area contributed by atoms with Crippen molar-refractivity contribution in [3.63, 3.8) is 0 Å². The lowest BCUT2D eigenvalue weighted by molar-refractivity contribution is -0.545. The molecule has 0 unspecified atom stereocenters. The second kappa shape index (κ2) is 4.64. The van der Waals surface area contributed by atoms with E-state index in [2.05, 4.69) is 10.1 Å². The van der Waals surface area contributed by atoms with Crippen molar-refractivity contribution in [1.29, 1.82) is 0 Å². The van der Waals surface area contributed by atoms with Crippen molar-refractivity contribution < 1.29 is 14.9 Å². The van der Waals surface area contributed by atoms with Gasteiger partial charge in [0.05, 0.1) is 10.1 Å². The lowest BCUT2D eigenvalue weighted by Gasteiger charge is -1.90. The van der Waals surface area contributed by atoms with Crippen LogP contribution in [0, 0.1) is 10.1 Å². The van der Waals surface area contributed by atoms with E-state index >= 15 is 0 Å². The maximum atomic E-state index is 10.2. The average Bonchev–Trinajstić information content (AvgIpc) is 2.00. The number of hydrogen-bond donors (Lipinski definition) is 3. The minimum absolute atomic E-state index is 0.314. The topological polar surface area (TPSA) is 143 Å². The van der Waals surface area contributed by atoms with Gasteiger partial charge in [-0.05, 0) is 12.5 Å². The summed E-state index contributed by atoms with van der Waals surface area (Å²) in [6.45, 7) is 1.18. The van der Waals surface area contributed by atoms with Crippen LogP contribution < -0.4 is 11.3 Å². The Hall–Kier alpha value is -2.19. The number of carboxylic acid groups (broad SMARTS) is 1. The first-order valence-corrected chi connectivity index (χ1v) is 2.95. The highest BCUT2D eigenvalue weighted by atomic mass is 16.7. The minimum atomic E-state index is -1.28. The van der Waals surface area contributed by atoms with E-state index in [4.69, 9.17) is 10.8 Å². The molecular weight excluding hydrogens is 182 g/mol. The number of hydrazine groups is 1. The monoisotopic (exact) mass is 189 g/mol. The van der Waals surface area contributed by atoms with E-state index in [9.17, 15) is 14.9 Å². The lowest BCUT2D eigenvalue weighted by atomic mass is 10.4. The molecule has 0 saturated carbocycles. The molecule has 72 valence electrons. The second-order valence-electron chi connectivity index (χ2n) is 1.83. The maximum Gasteiger partial charge on any atom is 0.361 e. The first kappa shape index (κ1) is 10.8. The summed E-state index contributed by atoms with van der Waals surface area (Å²) in [6.07, 6.45) is 0. The number of aliphatic imine (C=N–C) groups is 1. The van der Waals surface area contributed by atoms with Gasteiger partial charge in [0.25, 0.3) is 0 Å². The summed E-state index contributed by atoms with van der Waals surface area (Å²) >= 11 is 0. The molecule has 0 heterocycles. The number of guanidine groups is 1. The summed E-state index contributed by atoms with van der Waals surface area (Å²) in [5.74, 6) is -1.81. The van der Waals surface area contributed by atoms with Gasteiger partial charge in [-0.15, -0.1) is 0 Å². The molecule has 0 aliphatic heterocycles. The molecule has 13 heavy (non-hydrogen) atoms. The fraction of sp³-hybridized carbons (Fsp3) is 0.250. The fourth-order valence-corrected chi connectivity index (χ4v) is 0.337. The maximum absolute atomic E-state index is 10.2.